The lowest BCUT2D eigenvalue weighted by Crippen LogP contribution is -2.40. The van der Waals surface area contributed by atoms with Gasteiger partial charge in [0.15, 0.2) is 0 Å². The molecule has 0 aromatic heterocycles. The summed E-state index contributed by atoms with van der Waals surface area (Å²) in [5.41, 5.74) is 0. The van der Waals surface area contributed by atoms with Crippen molar-refractivity contribution in [2.75, 3.05) is 0 Å². The van der Waals surface area contributed by atoms with Crippen molar-refractivity contribution >= 4 is 17.8 Å². The normalized spacial score (nSPS) is 12.3. The Kier molecular flexibility index (Phi) is 8.26. The molecule has 0 heterocycles. The molecule has 0 rings (SSSR count). The van der Waals surface area contributed by atoms with E-state index in [9.17, 15) is 14.4 Å². The molecule has 0 aliphatic carbocycles. The summed E-state index contributed by atoms with van der Waals surface area (Å²) in [6.45, 7) is 2.03. The van der Waals surface area contributed by atoms with Crippen molar-refractivity contribution in [3.8, 4) is 0 Å². The van der Waals surface area contributed by atoms with Gasteiger partial charge in [0.05, 0.1) is 0 Å². The van der Waals surface area contributed by atoms with Crippen LogP contribution < -0.4 is 5.32 Å². The van der Waals surface area contributed by atoms with Crippen molar-refractivity contribution in [3.05, 3.63) is 12.2 Å². The number of carboxylic acid groups (broad SMARTS) is 2. The monoisotopic (exact) mass is 257 g/mol. The lowest BCUT2D eigenvalue weighted by atomic mass is 10.1. The van der Waals surface area contributed by atoms with Gasteiger partial charge in [-0.3, -0.25) is 9.59 Å². The van der Waals surface area contributed by atoms with Crippen LogP contribution in [-0.4, -0.2) is 34.1 Å². The van der Waals surface area contributed by atoms with Crippen LogP contribution in [0.2, 0.25) is 0 Å². The molecule has 0 saturated carbocycles. The van der Waals surface area contributed by atoms with E-state index in [1.54, 1.807) is 6.08 Å². The smallest absolute Gasteiger partial charge is 0.326 e. The van der Waals surface area contributed by atoms with E-state index in [1.807, 2.05) is 6.92 Å². The number of hydrogen-bond acceptors (Lipinski definition) is 3. The number of carbonyl (C=O) groups is 3. The number of allylic oxidation sites excluding steroid dienone is 1. The van der Waals surface area contributed by atoms with Crippen molar-refractivity contribution in [1.82, 2.24) is 5.32 Å². The number of nitrogens with one attached hydrogen (secondary N) is 1. The molecule has 0 bridgehead atoms. The van der Waals surface area contributed by atoms with Crippen molar-refractivity contribution in [1.29, 1.82) is 0 Å². The number of amides is 1. The van der Waals surface area contributed by atoms with Gasteiger partial charge in [-0.15, -0.1) is 0 Å². The highest BCUT2D eigenvalue weighted by Crippen LogP contribution is 1.99. The van der Waals surface area contributed by atoms with Gasteiger partial charge in [-0.05, 0) is 18.9 Å². The first-order valence-electron chi connectivity index (χ1n) is 5.89. The van der Waals surface area contributed by atoms with E-state index in [0.717, 1.165) is 19.3 Å². The predicted molar refractivity (Wildman–Crippen MR) is 65.1 cm³/mol. The molecule has 0 aliphatic heterocycles. The Labute approximate surface area is 106 Å². The number of aliphatic carboxylic acids is 2. The summed E-state index contributed by atoms with van der Waals surface area (Å²) in [6.07, 6.45) is 5.28. The Morgan fingerprint density at radius 3 is 2.44 bits per heavy atom. The molecule has 1 amide bonds. The average Bonchev–Trinajstić information content (AvgIpc) is 2.29. The van der Waals surface area contributed by atoms with Crippen molar-refractivity contribution in [2.45, 2.75) is 45.1 Å². The van der Waals surface area contributed by atoms with Crippen LogP contribution in [0.4, 0.5) is 0 Å². The Hall–Kier alpha value is -1.85. The highest BCUT2D eigenvalue weighted by Gasteiger charge is 2.19. The van der Waals surface area contributed by atoms with Gasteiger partial charge in [0, 0.05) is 6.42 Å². The van der Waals surface area contributed by atoms with Crippen LogP contribution in [-0.2, 0) is 14.4 Å². The van der Waals surface area contributed by atoms with E-state index in [2.05, 4.69) is 5.32 Å². The lowest BCUT2D eigenvalue weighted by molar-refractivity contribution is -0.142. The number of carboxylic acids is 2. The fourth-order valence-corrected chi connectivity index (χ4v) is 1.26. The lowest BCUT2D eigenvalue weighted by Gasteiger charge is -2.11. The van der Waals surface area contributed by atoms with Crippen molar-refractivity contribution < 1.29 is 24.6 Å². The molecule has 0 saturated heterocycles. The molecule has 0 radical (unpaired) electrons. The molecule has 0 spiro atoms. The summed E-state index contributed by atoms with van der Waals surface area (Å²) in [5.74, 6) is -2.83. The molecule has 3 N–H and O–H groups in total. The van der Waals surface area contributed by atoms with E-state index in [-0.39, 0.29) is 12.8 Å². The van der Waals surface area contributed by atoms with Crippen LogP contribution in [0, 0.1) is 0 Å². The summed E-state index contributed by atoms with van der Waals surface area (Å²) in [4.78, 5) is 32.5. The number of carbonyl (C=O) groups excluding carboxylic acids is 1. The van der Waals surface area contributed by atoms with Crippen molar-refractivity contribution in [3.63, 3.8) is 0 Å². The van der Waals surface area contributed by atoms with Gasteiger partial charge in [0.25, 0.3) is 0 Å². The summed E-state index contributed by atoms with van der Waals surface area (Å²) in [5, 5.41) is 19.5. The third-order valence-corrected chi connectivity index (χ3v) is 2.26. The summed E-state index contributed by atoms with van der Waals surface area (Å²) >= 11 is 0. The molecule has 6 nitrogen and oxygen atoms in total. The molecule has 0 aromatic rings. The van der Waals surface area contributed by atoms with Crippen LogP contribution in [0.3, 0.4) is 0 Å². The predicted octanol–water partition coefficient (Wildman–Crippen LogP) is 1.17. The van der Waals surface area contributed by atoms with Crippen LogP contribution in [0.1, 0.15) is 39.0 Å². The zero-order chi connectivity index (χ0) is 14.0. The summed E-state index contributed by atoms with van der Waals surface area (Å²) < 4.78 is 0. The minimum absolute atomic E-state index is 0.126. The molecule has 0 fully saturated rings. The van der Waals surface area contributed by atoms with E-state index in [0.29, 0.717) is 0 Å². The second kappa shape index (κ2) is 9.21. The number of hydrogen-bond donors (Lipinski definition) is 3. The first-order valence-corrected chi connectivity index (χ1v) is 5.89. The largest absolute Gasteiger partial charge is 0.481 e. The quantitative estimate of drug-likeness (QED) is 0.425. The molecule has 102 valence electrons. The Morgan fingerprint density at radius 2 is 1.94 bits per heavy atom. The van der Waals surface area contributed by atoms with Gasteiger partial charge in [0.1, 0.15) is 6.04 Å². The molecule has 0 unspecified atom stereocenters. The van der Waals surface area contributed by atoms with Gasteiger partial charge >= 0.3 is 11.9 Å². The molecule has 1 atom stereocenters. The topological polar surface area (TPSA) is 104 Å². The number of rotatable bonds is 9. The van der Waals surface area contributed by atoms with E-state index >= 15 is 0 Å². The zero-order valence-electron chi connectivity index (χ0n) is 10.4. The Balaban J connectivity index is 4.15. The van der Waals surface area contributed by atoms with Crippen LogP contribution in [0.15, 0.2) is 12.2 Å². The minimum atomic E-state index is -1.23. The average molecular weight is 257 g/mol. The molecule has 0 aliphatic rings. The maximum Gasteiger partial charge on any atom is 0.326 e. The fourth-order valence-electron chi connectivity index (χ4n) is 1.26. The van der Waals surface area contributed by atoms with E-state index < -0.39 is 23.9 Å². The first-order chi connectivity index (χ1) is 8.47. The molecular formula is C12H19NO5. The minimum Gasteiger partial charge on any atom is -0.481 e. The van der Waals surface area contributed by atoms with Gasteiger partial charge in [-0.2, -0.15) is 0 Å². The van der Waals surface area contributed by atoms with Crippen molar-refractivity contribution in [2.24, 2.45) is 0 Å². The summed E-state index contributed by atoms with van der Waals surface area (Å²) in [6, 6.07) is -1.16. The highest BCUT2D eigenvalue weighted by atomic mass is 16.4. The van der Waals surface area contributed by atoms with Gasteiger partial charge in [-0.1, -0.05) is 25.8 Å². The highest BCUT2D eigenvalue weighted by molar-refractivity contribution is 5.91. The maximum atomic E-state index is 11.4. The molecular weight excluding hydrogens is 238 g/mol. The second-order valence-corrected chi connectivity index (χ2v) is 3.88. The SMILES string of the molecule is CCCCC=CC(=O)N[C@@H](CCC(=O)O)C(=O)O. The van der Waals surface area contributed by atoms with Gasteiger partial charge in [-0.25, -0.2) is 4.79 Å². The molecule has 6 heteroatoms. The third-order valence-electron chi connectivity index (χ3n) is 2.26. The molecule has 0 aromatic carbocycles. The first kappa shape index (κ1) is 16.1. The molecule has 18 heavy (non-hydrogen) atoms. The third kappa shape index (κ3) is 8.32. The van der Waals surface area contributed by atoms with Crippen LogP contribution in [0.5, 0.6) is 0 Å². The summed E-state index contributed by atoms with van der Waals surface area (Å²) in [7, 11) is 0. The van der Waals surface area contributed by atoms with E-state index in [4.69, 9.17) is 10.2 Å². The van der Waals surface area contributed by atoms with E-state index in [1.165, 1.54) is 6.08 Å². The van der Waals surface area contributed by atoms with Crippen LogP contribution in [0.25, 0.3) is 0 Å². The Morgan fingerprint density at radius 1 is 1.28 bits per heavy atom. The second-order valence-electron chi connectivity index (χ2n) is 3.88. The standard InChI is InChI=1S/C12H19NO5/c1-2-3-4-5-6-10(14)13-9(12(17)18)7-8-11(15)16/h5-6,9H,2-4,7-8H2,1H3,(H,13,14)(H,15,16)(H,17,18)/t9-/m0/s1. The maximum absolute atomic E-state index is 11.4. The van der Waals surface area contributed by atoms with Gasteiger partial charge in [0.2, 0.25) is 5.91 Å². The fraction of sp³-hybridized carbons (Fsp3) is 0.583. The number of unbranched alkanes of at least 4 members (excludes halogenated alkanes) is 2. The van der Waals surface area contributed by atoms with Gasteiger partial charge < -0.3 is 15.5 Å². The zero-order valence-corrected chi connectivity index (χ0v) is 10.4. The Bertz CT molecular complexity index is 324. The van der Waals surface area contributed by atoms with Crippen LogP contribution >= 0.6 is 0 Å².